The van der Waals surface area contributed by atoms with E-state index in [9.17, 15) is 4.79 Å². The van der Waals surface area contributed by atoms with Gasteiger partial charge in [0.25, 0.3) is 0 Å². The van der Waals surface area contributed by atoms with Crippen LogP contribution in [0.3, 0.4) is 0 Å². The quantitative estimate of drug-likeness (QED) is 0.627. The van der Waals surface area contributed by atoms with Gasteiger partial charge < -0.3 is 16.0 Å². The summed E-state index contributed by atoms with van der Waals surface area (Å²) in [5, 5.41) is 2.96. The summed E-state index contributed by atoms with van der Waals surface area (Å²) in [5.74, 6) is 0.110. The Bertz CT molecular complexity index is 223. The minimum absolute atomic E-state index is 0.110. The highest BCUT2D eigenvalue weighted by atomic mass is 16.1. The average molecular weight is 257 g/mol. The van der Waals surface area contributed by atoms with E-state index in [1.54, 1.807) is 0 Å². The van der Waals surface area contributed by atoms with Crippen molar-refractivity contribution in [3.63, 3.8) is 0 Å². The van der Waals surface area contributed by atoms with Crippen LogP contribution >= 0.6 is 0 Å². The highest BCUT2D eigenvalue weighted by Gasteiger charge is 2.17. The first-order chi connectivity index (χ1) is 8.45. The van der Waals surface area contributed by atoms with Gasteiger partial charge in [-0.3, -0.25) is 4.79 Å². The molecule has 0 aromatic heterocycles. The maximum atomic E-state index is 11.7. The molecule has 0 atom stereocenters. The van der Waals surface area contributed by atoms with Crippen molar-refractivity contribution in [1.29, 1.82) is 0 Å². The number of amides is 1. The number of nitrogens with zero attached hydrogens (tertiary/aromatic N) is 1. The number of rotatable bonds is 10. The van der Waals surface area contributed by atoms with Crippen LogP contribution in [0.4, 0.5) is 0 Å². The fourth-order valence-corrected chi connectivity index (χ4v) is 1.92. The third-order valence-corrected chi connectivity index (χ3v) is 2.95. The van der Waals surface area contributed by atoms with Crippen molar-refractivity contribution in [3.8, 4) is 0 Å². The smallest absolute Gasteiger partial charge is 0.220 e. The van der Waals surface area contributed by atoms with E-state index in [1.807, 2.05) is 13.8 Å². The highest BCUT2D eigenvalue weighted by Crippen LogP contribution is 2.02. The summed E-state index contributed by atoms with van der Waals surface area (Å²) < 4.78 is 0. The molecule has 0 radical (unpaired) electrons. The van der Waals surface area contributed by atoms with Crippen molar-refractivity contribution in [2.24, 2.45) is 5.73 Å². The van der Waals surface area contributed by atoms with E-state index in [0.717, 1.165) is 26.1 Å². The van der Waals surface area contributed by atoms with Gasteiger partial charge in [0.1, 0.15) is 0 Å². The number of carbonyl (C=O) groups is 1. The van der Waals surface area contributed by atoms with Crippen molar-refractivity contribution in [1.82, 2.24) is 10.2 Å². The summed E-state index contributed by atoms with van der Waals surface area (Å²) in [7, 11) is 0. The van der Waals surface area contributed by atoms with E-state index in [4.69, 9.17) is 5.73 Å². The molecule has 18 heavy (non-hydrogen) atoms. The Morgan fingerprint density at radius 1 is 1.17 bits per heavy atom. The molecule has 0 aliphatic carbocycles. The average Bonchev–Trinajstić information content (AvgIpc) is 2.29. The lowest BCUT2D eigenvalue weighted by molar-refractivity contribution is -0.122. The lowest BCUT2D eigenvalue weighted by atomic mass is 10.1. The molecular formula is C14H31N3O. The Balaban J connectivity index is 3.84. The van der Waals surface area contributed by atoms with Gasteiger partial charge in [0.2, 0.25) is 5.91 Å². The number of nitrogens with two attached hydrogens (primary N) is 1. The van der Waals surface area contributed by atoms with Gasteiger partial charge in [-0.25, -0.2) is 0 Å². The summed E-state index contributed by atoms with van der Waals surface area (Å²) in [5.41, 5.74) is 5.30. The van der Waals surface area contributed by atoms with Crippen LogP contribution in [0.15, 0.2) is 0 Å². The highest BCUT2D eigenvalue weighted by molar-refractivity contribution is 5.76. The zero-order valence-corrected chi connectivity index (χ0v) is 12.6. The van der Waals surface area contributed by atoms with Gasteiger partial charge in [-0.05, 0) is 52.7 Å². The maximum Gasteiger partial charge on any atom is 0.220 e. The second-order valence-electron chi connectivity index (χ2n) is 5.58. The first-order valence-electron chi connectivity index (χ1n) is 7.18. The van der Waals surface area contributed by atoms with E-state index in [2.05, 4.69) is 24.1 Å². The van der Waals surface area contributed by atoms with Crippen molar-refractivity contribution in [2.45, 2.75) is 58.9 Å². The molecule has 0 saturated heterocycles. The van der Waals surface area contributed by atoms with Gasteiger partial charge >= 0.3 is 0 Å². The third-order valence-electron chi connectivity index (χ3n) is 2.95. The fourth-order valence-electron chi connectivity index (χ4n) is 1.92. The van der Waals surface area contributed by atoms with Gasteiger partial charge in [-0.15, -0.1) is 0 Å². The van der Waals surface area contributed by atoms with Crippen LogP contribution < -0.4 is 11.1 Å². The molecule has 4 nitrogen and oxygen atoms in total. The van der Waals surface area contributed by atoms with E-state index >= 15 is 0 Å². The predicted octanol–water partition coefficient (Wildman–Crippen LogP) is 1.74. The van der Waals surface area contributed by atoms with E-state index in [-0.39, 0.29) is 11.4 Å². The second kappa shape index (κ2) is 9.34. The van der Waals surface area contributed by atoms with Crippen LogP contribution in [0.5, 0.6) is 0 Å². The molecule has 0 aromatic carbocycles. The molecule has 0 aliphatic heterocycles. The Morgan fingerprint density at radius 2 is 1.72 bits per heavy atom. The van der Waals surface area contributed by atoms with Gasteiger partial charge in [0, 0.05) is 18.5 Å². The zero-order chi connectivity index (χ0) is 14.0. The maximum absolute atomic E-state index is 11.7. The number of hydrogen-bond acceptors (Lipinski definition) is 3. The molecule has 108 valence electrons. The van der Waals surface area contributed by atoms with Gasteiger partial charge in [0.05, 0.1) is 0 Å². The first kappa shape index (κ1) is 17.4. The summed E-state index contributed by atoms with van der Waals surface area (Å²) in [6, 6.07) is 0. The molecule has 3 N–H and O–H groups in total. The normalized spacial score (nSPS) is 11.9. The number of nitrogens with one attached hydrogen (secondary N) is 1. The summed E-state index contributed by atoms with van der Waals surface area (Å²) in [6.07, 6.45) is 3.86. The standard InChI is InChI=1S/C14H31N3O/c1-5-9-17(10-6-2)11-7-8-13(18)16-14(3,4)12-15/h5-12,15H2,1-4H3,(H,16,18). The molecule has 0 bridgehead atoms. The molecular weight excluding hydrogens is 226 g/mol. The van der Waals surface area contributed by atoms with Crippen molar-refractivity contribution >= 4 is 5.91 Å². The number of hydrogen-bond donors (Lipinski definition) is 2. The third kappa shape index (κ3) is 8.48. The monoisotopic (exact) mass is 257 g/mol. The Labute approximate surface area is 112 Å². The zero-order valence-electron chi connectivity index (χ0n) is 12.6. The molecule has 0 heterocycles. The van der Waals surface area contributed by atoms with Crippen LogP contribution in [0.25, 0.3) is 0 Å². The second-order valence-corrected chi connectivity index (χ2v) is 5.58. The van der Waals surface area contributed by atoms with Crippen LogP contribution in [-0.2, 0) is 4.79 Å². The van der Waals surface area contributed by atoms with Crippen molar-refractivity contribution in [2.75, 3.05) is 26.2 Å². The molecule has 0 unspecified atom stereocenters. The molecule has 1 amide bonds. The largest absolute Gasteiger partial charge is 0.350 e. The number of carbonyl (C=O) groups excluding carboxylic acids is 1. The minimum atomic E-state index is -0.288. The molecule has 0 aliphatic rings. The topological polar surface area (TPSA) is 58.4 Å². The summed E-state index contributed by atoms with van der Waals surface area (Å²) in [6.45, 7) is 12.0. The fraction of sp³-hybridized carbons (Fsp3) is 0.929. The molecule has 0 saturated carbocycles. The lowest BCUT2D eigenvalue weighted by Crippen LogP contribution is -2.48. The lowest BCUT2D eigenvalue weighted by Gasteiger charge is -2.25. The molecule has 0 rings (SSSR count). The minimum Gasteiger partial charge on any atom is -0.350 e. The van der Waals surface area contributed by atoms with Crippen molar-refractivity contribution in [3.05, 3.63) is 0 Å². The van der Waals surface area contributed by atoms with Crippen molar-refractivity contribution < 1.29 is 4.79 Å². The Morgan fingerprint density at radius 3 is 2.17 bits per heavy atom. The van der Waals surface area contributed by atoms with E-state index < -0.39 is 0 Å². The first-order valence-corrected chi connectivity index (χ1v) is 7.18. The van der Waals surface area contributed by atoms with Crippen LogP contribution in [-0.4, -0.2) is 42.5 Å². The van der Waals surface area contributed by atoms with E-state index in [0.29, 0.717) is 13.0 Å². The summed E-state index contributed by atoms with van der Waals surface area (Å²) in [4.78, 5) is 14.2. The van der Waals surface area contributed by atoms with Crippen LogP contribution in [0, 0.1) is 0 Å². The summed E-state index contributed by atoms with van der Waals surface area (Å²) >= 11 is 0. The Hall–Kier alpha value is -0.610. The van der Waals surface area contributed by atoms with Crippen LogP contribution in [0.2, 0.25) is 0 Å². The van der Waals surface area contributed by atoms with Gasteiger partial charge in [0.15, 0.2) is 0 Å². The molecule has 0 fully saturated rings. The Kier molecular flexibility index (Phi) is 9.02. The molecule has 4 heteroatoms. The predicted molar refractivity (Wildman–Crippen MR) is 77.5 cm³/mol. The SMILES string of the molecule is CCCN(CCC)CCCC(=O)NC(C)(C)CN. The van der Waals surface area contributed by atoms with E-state index in [1.165, 1.54) is 12.8 Å². The van der Waals surface area contributed by atoms with Gasteiger partial charge in [-0.1, -0.05) is 13.8 Å². The molecule has 0 aromatic rings. The van der Waals surface area contributed by atoms with Gasteiger partial charge in [-0.2, -0.15) is 0 Å². The molecule has 0 spiro atoms. The van der Waals surface area contributed by atoms with Crippen LogP contribution in [0.1, 0.15) is 53.4 Å².